The lowest BCUT2D eigenvalue weighted by atomic mass is 10.2. The Morgan fingerprint density at radius 2 is 2.25 bits per heavy atom. The second-order valence-electron chi connectivity index (χ2n) is 4.66. The number of halogens is 1. The van der Waals surface area contributed by atoms with Crippen LogP contribution in [0, 0.1) is 0 Å². The maximum atomic E-state index is 11.7. The molecule has 0 amide bonds. The van der Waals surface area contributed by atoms with Crippen LogP contribution < -0.4 is 11.0 Å². The van der Waals surface area contributed by atoms with Crippen LogP contribution in [0.3, 0.4) is 0 Å². The Morgan fingerprint density at radius 1 is 1.50 bits per heavy atom. The fourth-order valence-electron chi connectivity index (χ4n) is 1.85. The summed E-state index contributed by atoms with van der Waals surface area (Å²) in [6.07, 6.45) is 0. The van der Waals surface area contributed by atoms with Gasteiger partial charge in [0.25, 0.3) is 0 Å². The summed E-state index contributed by atoms with van der Waals surface area (Å²) in [5, 5.41) is 10.9. The van der Waals surface area contributed by atoms with Crippen molar-refractivity contribution in [3.8, 4) is 0 Å². The van der Waals surface area contributed by atoms with Crippen molar-refractivity contribution >= 4 is 23.4 Å². The predicted octanol–water partition coefficient (Wildman–Crippen LogP) is 2.68. The van der Waals surface area contributed by atoms with Crippen molar-refractivity contribution in [1.29, 1.82) is 0 Å². The minimum atomic E-state index is -0.194. The van der Waals surface area contributed by atoms with Crippen LogP contribution in [-0.2, 0) is 6.54 Å². The minimum Gasteiger partial charge on any atom is -0.316 e. The van der Waals surface area contributed by atoms with E-state index in [9.17, 15) is 4.79 Å². The van der Waals surface area contributed by atoms with Gasteiger partial charge in [0.2, 0.25) is 0 Å². The van der Waals surface area contributed by atoms with Crippen molar-refractivity contribution in [2.75, 3.05) is 7.05 Å². The zero-order chi connectivity index (χ0) is 14.7. The number of rotatable bonds is 5. The molecule has 2 aromatic rings. The van der Waals surface area contributed by atoms with Gasteiger partial charge in [-0.15, -0.1) is 5.10 Å². The number of nitrogens with one attached hydrogen (secondary N) is 2. The Bertz CT molecular complexity index is 650. The minimum absolute atomic E-state index is 0.0581. The average Bonchev–Trinajstić information content (AvgIpc) is 2.74. The second-order valence-corrected chi connectivity index (χ2v) is 6.11. The molecule has 0 spiro atoms. The number of hydrogen-bond donors (Lipinski definition) is 2. The lowest BCUT2D eigenvalue weighted by Crippen LogP contribution is -2.19. The van der Waals surface area contributed by atoms with Crippen LogP contribution in [0.5, 0.6) is 0 Å². The van der Waals surface area contributed by atoms with Gasteiger partial charge in [-0.25, -0.2) is 9.89 Å². The molecule has 0 aliphatic carbocycles. The highest BCUT2D eigenvalue weighted by Gasteiger charge is 2.13. The van der Waals surface area contributed by atoms with Crippen LogP contribution in [0.25, 0.3) is 0 Å². The molecule has 7 heteroatoms. The number of H-pyrrole nitrogens is 1. The van der Waals surface area contributed by atoms with Gasteiger partial charge in [-0.05, 0) is 50.4 Å². The molecular weight excluding hydrogens is 296 g/mol. The van der Waals surface area contributed by atoms with Crippen molar-refractivity contribution in [2.24, 2.45) is 0 Å². The lowest BCUT2D eigenvalue weighted by molar-refractivity contribution is 0.534. The van der Waals surface area contributed by atoms with E-state index >= 15 is 0 Å². The van der Waals surface area contributed by atoms with Crippen molar-refractivity contribution in [1.82, 2.24) is 20.1 Å². The third-order valence-electron chi connectivity index (χ3n) is 2.79. The molecule has 0 radical (unpaired) electrons. The van der Waals surface area contributed by atoms with Crippen molar-refractivity contribution in [3.63, 3.8) is 0 Å². The maximum absolute atomic E-state index is 11.7. The zero-order valence-electron chi connectivity index (χ0n) is 11.6. The topological polar surface area (TPSA) is 62.7 Å². The van der Waals surface area contributed by atoms with Gasteiger partial charge in [0.1, 0.15) is 0 Å². The smallest absolute Gasteiger partial charge is 0.316 e. The van der Waals surface area contributed by atoms with E-state index in [1.807, 2.05) is 39.1 Å². The molecule has 1 aromatic heterocycles. The Kier molecular flexibility index (Phi) is 4.91. The largest absolute Gasteiger partial charge is 0.344 e. The fraction of sp³-hybridized carbons (Fsp3) is 0.385. The van der Waals surface area contributed by atoms with Crippen LogP contribution >= 0.6 is 23.4 Å². The highest BCUT2D eigenvalue weighted by molar-refractivity contribution is 7.99. The number of aromatic nitrogens is 3. The molecule has 0 aliphatic heterocycles. The molecule has 0 unspecified atom stereocenters. The van der Waals surface area contributed by atoms with Gasteiger partial charge >= 0.3 is 5.69 Å². The molecule has 0 fully saturated rings. The third-order valence-corrected chi connectivity index (χ3v) is 4.10. The lowest BCUT2D eigenvalue weighted by Gasteiger charge is -2.09. The molecule has 0 saturated carbocycles. The monoisotopic (exact) mass is 312 g/mol. The summed E-state index contributed by atoms with van der Waals surface area (Å²) in [6, 6.07) is 5.91. The maximum Gasteiger partial charge on any atom is 0.344 e. The fourth-order valence-corrected chi connectivity index (χ4v) is 3.17. The van der Waals surface area contributed by atoms with Crippen molar-refractivity contribution < 1.29 is 0 Å². The van der Waals surface area contributed by atoms with Crippen molar-refractivity contribution in [3.05, 3.63) is 39.3 Å². The molecule has 2 N–H and O–H groups in total. The van der Waals surface area contributed by atoms with Gasteiger partial charge in [-0.2, -0.15) is 0 Å². The van der Waals surface area contributed by atoms with E-state index < -0.39 is 0 Å². The molecule has 2 rings (SSSR count). The van der Waals surface area contributed by atoms with E-state index in [4.69, 9.17) is 11.6 Å². The molecule has 1 aromatic carbocycles. The first kappa shape index (κ1) is 15.2. The van der Waals surface area contributed by atoms with E-state index in [2.05, 4.69) is 15.5 Å². The van der Waals surface area contributed by atoms with Gasteiger partial charge in [-0.3, -0.25) is 4.57 Å². The van der Waals surface area contributed by atoms with Crippen LogP contribution in [-0.4, -0.2) is 21.8 Å². The summed E-state index contributed by atoms with van der Waals surface area (Å²) in [5.41, 5.74) is 0.849. The Hall–Kier alpha value is -1.24. The molecule has 20 heavy (non-hydrogen) atoms. The summed E-state index contributed by atoms with van der Waals surface area (Å²) in [6.45, 7) is 4.62. The molecule has 0 saturated heterocycles. The highest BCUT2D eigenvalue weighted by Crippen LogP contribution is 2.30. The van der Waals surface area contributed by atoms with Gasteiger partial charge < -0.3 is 5.32 Å². The SMILES string of the molecule is CNCc1ccc(Sc2n[nH]c(=O)n2C(C)C)cc1Cl. The number of hydrogen-bond acceptors (Lipinski definition) is 4. The van der Waals surface area contributed by atoms with Crippen LogP contribution in [0.2, 0.25) is 5.02 Å². The van der Waals surface area contributed by atoms with E-state index in [0.29, 0.717) is 10.2 Å². The Labute approximate surface area is 126 Å². The van der Waals surface area contributed by atoms with E-state index in [0.717, 1.165) is 17.0 Å². The van der Waals surface area contributed by atoms with Crippen LogP contribution in [0.1, 0.15) is 25.5 Å². The summed E-state index contributed by atoms with van der Waals surface area (Å²) in [5.74, 6) is 0. The van der Waals surface area contributed by atoms with E-state index in [1.54, 1.807) is 4.57 Å². The summed E-state index contributed by atoms with van der Waals surface area (Å²) in [4.78, 5) is 12.6. The molecule has 108 valence electrons. The molecular formula is C13H17ClN4OS. The van der Waals surface area contributed by atoms with Gasteiger partial charge in [0, 0.05) is 22.5 Å². The number of aromatic amines is 1. The van der Waals surface area contributed by atoms with Crippen molar-refractivity contribution in [2.45, 2.75) is 36.5 Å². The molecule has 0 atom stereocenters. The number of nitrogens with zero attached hydrogens (tertiary/aromatic N) is 2. The van der Waals surface area contributed by atoms with Crippen LogP contribution in [0.4, 0.5) is 0 Å². The molecule has 0 aliphatic rings. The average molecular weight is 313 g/mol. The number of benzene rings is 1. The van der Waals surface area contributed by atoms with Crippen LogP contribution in [0.15, 0.2) is 33.0 Å². The van der Waals surface area contributed by atoms with E-state index in [1.165, 1.54) is 11.8 Å². The Morgan fingerprint density at radius 3 is 2.85 bits per heavy atom. The predicted molar refractivity (Wildman–Crippen MR) is 81.6 cm³/mol. The molecule has 0 bridgehead atoms. The highest BCUT2D eigenvalue weighted by atomic mass is 35.5. The third kappa shape index (κ3) is 3.26. The summed E-state index contributed by atoms with van der Waals surface area (Å²) < 4.78 is 1.63. The van der Waals surface area contributed by atoms with Gasteiger partial charge in [0.15, 0.2) is 5.16 Å². The Balaban J connectivity index is 2.27. The first-order chi connectivity index (χ1) is 9.52. The summed E-state index contributed by atoms with van der Waals surface area (Å²) in [7, 11) is 1.88. The first-order valence-corrected chi connectivity index (χ1v) is 7.50. The van der Waals surface area contributed by atoms with Gasteiger partial charge in [-0.1, -0.05) is 17.7 Å². The first-order valence-electron chi connectivity index (χ1n) is 6.30. The van der Waals surface area contributed by atoms with Gasteiger partial charge in [0.05, 0.1) is 0 Å². The standard InChI is InChI=1S/C13H17ClN4OS/c1-8(2)18-12(19)16-17-13(18)20-10-5-4-9(7-15-3)11(14)6-10/h4-6,8,15H,7H2,1-3H3,(H,16,19). The van der Waals surface area contributed by atoms with E-state index in [-0.39, 0.29) is 11.7 Å². The summed E-state index contributed by atoms with van der Waals surface area (Å²) >= 11 is 7.65. The zero-order valence-corrected chi connectivity index (χ0v) is 13.2. The molecule has 1 heterocycles. The quantitative estimate of drug-likeness (QED) is 0.891. The molecule has 5 nitrogen and oxygen atoms in total. The normalized spacial score (nSPS) is 11.2. The second kappa shape index (κ2) is 6.47.